The molecule has 0 aromatic heterocycles. The SMILES string of the molecule is CC(CC#N)NC(C)c1ccccc1F. The third-order valence-electron chi connectivity index (χ3n) is 2.30. The van der Waals surface area contributed by atoms with Crippen LogP contribution in [-0.2, 0) is 0 Å². The van der Waals surface area contributed by atoms with Crippen molar-refractivity contribution in [3.05, 3.63) is 35.6 Å². The lowest BCUT2D eigenvalue weighted by Gasteiger charge is -2.18. The third-order valence-corrected chi connectivity index (χ3v) is 2.30. The van der Waals surface area contributed by atoms with Crippen LogP contribution in [0.1, 0.15) is 31.9 Å². The second-order valence-electron chi connectivity index (χ2n) is 3.67. The van der Waals surface area contributed by atoms with Gasteiger partial charge in [0, 0.05) is 17.6 Å². The van der Waals surface area contributed by atoms with E-state index in [9.17, 15) is 4.39 Å². The van der Waals surface area contributed by atoms with Gasteiger partial charge in [0.15, 0.2) is 0 Å². The van der Waals surface area contributed by atoms with Crippen molar-refractivity contribution in [1.29, 1.82) is 5.26 Å². The quantitative estimate of drug-likeness (QED) is 0.822. The molecule has 1 rings (SSSR count). The standard InChI is InChI=1S/C12H15FN2/c1-9(7-8-14)15-10(2)11-5-3-4-6-12(11)13/h3-6,9-10,15H,7H2,1-2H3. The smallest absolute Gasteiger partial charge is 0.127 e. The lowest BCUT2D eigenvalue weighted by molar-refractivity contribution is 0.467. The third kappa shape index (κ3) is 3.34. The maximum absolute atomic E-state index is 13.4. The molecule has 0 saturated heterocycles. The summed E-state index contributed by atoms with van der Waals surface area (Å²) < 4.78 is 13.4. The lowest BCUT2D eigenvalue weighted by Crippen LogP contribution is -2.29. The van der Waals surface area contributed by atoms with E-state index in [1.807, 2.05) is 19.9 Å². The number of hydrogen-bond acceptors (Lipinski definition) is 2. The number of nitrogens with zero attached hydrogens (tertiary/aromatic N) is 1. The van der Waals surface area contributed by atoms with Crippen molar-refractivity contribution in [2.75, 3.05) is 0 Å². The average Bonchev–Trinajstić information content (AvgIpc) is 2.18. The Morgan fingerprint density at radius 3 is 2.67 bits per heavy atom. The van der Waals surface area contributed by atoms with Crippen LogP contribution >= 0.6 is 0 Å². The van der Waals surface area contributed by atoms with E-state index in [1.54, 1.807) is 12.1 Å². The van der Waals surface area contributed by atoms with E-state index in [0.29, 0.717) is 12.0 Å². The van der Waals surface area contributed by atoms with E-state index in [4.69, 9.17) is 5.26 Å². The fraction of sp³-hybridized carbons (Fsp3) is 0.417. The molecule has 0 amide bonds. The normalized spacial score (nSPS) is 14.3. The summed E-state index contributed by atoms with van der Waals surface area (Å²) in [5, 5.41) is 11.7. The monoisotopic (exact) mass is 206 g/mol. The van der Waals surface area contributed by atoms with Crippen molar-refractivity contribution in [1.82, 2.24) is 5.32 Å². The van der Waals surface area contributed by atoms with E-state index in [-0.39, 0.29) is 17.9 Å². The number of rotatable bonds is 4. The molecule has 2 nitrogen and oxygen atoms in total. The van der Waals surface area contributed by atoms with Crippen LogP contribution in [0.3, 0.4) is 0 Å². The first-order valence-corrected chi connectivity index (χ1v) is 5.02. The van der Waals surface area contributed by atoms with Crippen molar-refractivity contribution in [3.63, 3.8) is 0 Å². The summed E-state index contributed by atoms with van der Waals surface area (Å²) in [6.07, 6.45) is 0.429. The van der Waals surface area contributed by atoms with Gasteiger partial charge in [0.05, 0.1) is 12.5 Å². The Labute approximate surface area is 89.7 Å². The molecule has 1 N–H and O–H groups in total. The van der Waals surface area contributed by atoms with Gasteiger partial charge in [-0.2, -0.15) is 5.26 Å². The molecule has 15 heavy (non-hydrogen) atoms. The Hall–Kier alpha value is -1.40. The van der Waals surface area contributed by atoms with Gasteiger partial charge in [0.25, 0.3) is 0 Å². The zero-order valence-corrected chi connectivity index (χ0v) is 9.00. The molecule has 1 aromatic rings. The van der Waals surface area contributed by atoms with E-state index < -0.39 is 0 Å². The molecule has 2 unspecified atom stereocenters. The predicted octanol–water partition coefficient (Wildman–Crippen LogP) is 2.78. The number of benzene rings is 1. The molecule has 0 aliphatic carbocycles. The van der Waals surface area contributed by atoms with E-state index in [2.05, 4.69) is 11.4 Å². The first kappa shape index (κ1) is 11.7. The average molecular weight is 206 g/mol. The maximum atomic E-state index is 13.4. The molecule has 0 saturated carbocycles. The molecule has 0 fully saturated rings. The van der Waals surface area contributed by atoms with Gasteiger partial charge in [-0.25, -0.2) is 4.39 Å². The topological polar surface area (TPSA) is 35.8 Å². The molecular formula is C12H15FN2. The Bertz CT molecular complexity index is 357. The van der Waals surface area contributed by atoms with Crippen molar-refractivity contribution in [3.8, 4) is 6.07 Å². The van der Waals surface area contributed by atoms with Gasteiger partial charge >= 0.3 is 0 Å². The molecule has 0 aliphatic heterocycles. The molecule has 0 radical (unpaired) electrons. The van der Waals surface area contributed by atoms with E-state index in [1.165, 1.54) is 6.07 Å². The van der Waals surface area contributed by atoms with E-state index in [0.717, 1.165) is 0 Å². The molecule has 0 bridgehead atoms. The zero-order chi connectivity index (χ0) is 11.3. The van der Waals surface area contributed by atoms with Crippen LogP contribution in [0, 0.1) is 17.1 Å². The number of nitrogens with one attached hydrogen (secondary N) is 1. The number of hydrogen-bond donors (Lipinski definition) is 1. The van der Waals surface area contributed by atoms with Crippen LogP contribution in [0.25, 0.3) is 0 Å². The Morgan fingerprint density at radius 2 is 2.07 bits per heavy atom. The molecule has 1 aromatic carbocycles. The molecule has 0 aliphatic rings. The van der Waals surface area contributed by atoms with Crippen LogP contribution < -0.4 is 5.32 Å². The first-order valence-electron chi connectivity index (χ1n) is 5.02. The minimum atomic E-state index is -0.207. The molecule has 2 atom stereocenters. The highest BCUT2D eigenvalue weighted by atomic mass is 19.1. The first-order chi connectivity index (χ1) is 7.15. The van der Waals surface area contributed by atoms with E-state index >= 15 is 0 Å². The van der Waals surface area contributed by atoms with Gasteiger partial charge in [0.2, 0.25) is 0 Å². The van der Waals surface area contributed by atoms with Gasteiger partial charge in [-0.3, -0.25) is 0 Å². The van der Waals surface area contributed by atoms with Crippen molar-refractivity contribution in [2.24, 2.45) is 0 Å². The molecule has 3 heteroatoms. The van der Waals surface area contributed by atoms with Crippen LogP contribution in [0.5, 0.6) is 0 Å². The number of nitriles is 1. The van der Waals surface area contributed by atoms with Gasteiger partial charge in [-0.1, -0.05) is 18.2 Å². The summed E-state index contributed by atoms with van der Waals surface area (Å²) in [6, 6.07) is 8.77. The molecular weight excluding hydrogens is 191 g/mol. The summed E-state index contributed by atoms with van der Waals surface area (Å²) in [6.45, 7) is 3.81. The predicted molar refractivity (Wildman–Crippen MR) is 57.6 cm³/mol. The Kier molecular flexibility index (Phi) is 4.26. The van der Waals surface area contributed by atoms with Crippen LogP contribution in [0.15, 0.2) is 24.3 Å². The molecule has 0 spiro atoms. The second kappa shape index (κ2) is 5.47. The van der Waals surface area contributed by atoms with Crippen LogP contribution in [0.4, 0.5) is 4.39 Å². The van der Waals surface area contributed by atoms with Gasteiger partial charge in [0.1, 0.15) is 5.82 Å². The fourth-order valence-corrected chi connectivity index (χ4v) is 1.54. The summed E-state index contributed by atoms with van der Waals surface area (Å²) >= 11 is 0. The van der Waals surface area contributed by atoms with Crippen molar-refractivity contribution < 1.29 is 4.39 Å². The van der Waals surface area contributed by atoms with Crippen molar-refractivity contribution in [2.45, 2.75) is 32.4 Å². The minimum absolute atomic E-state index is 0.0737. The zero-order valence-electron chi connectivity index (χ0n) is 9.00. The van der Waals surface area contributed by atoms with Gasteiger partial charge in [-0.05, 0) is 19.9 Å². The van der Waals surface area contributed by atoms with Gasteiger partial charge < -0.3 is 5.32 Å². The Morgan fingerprint density at radius 1 is 1.40 bits per heavy atom. The molecule has 80 valence electrons. The highest BCUT2D eigenvalue weighted by Crippen LogP contribution is 2.16. The van der Waals surface area contributed by atoms with Gasteiger partial charge in [-0.15, -0.1) is 0 Å². The fourth-order valence-electron chi connectivity index (χ4n) is 1.54. The lowest BCUT2D eigenvalue weighted by atomic mass is 10.1. The Balaban J connectivity index is 2.66. The molecule has 0 heterocycles. The number of halogens is 1. The summed E-state index contributed by atoms with van der Waals surface area (Å²) in [5.74, 6) is -0.207. The summed E-state index contributed by atoms with van der Waals surface area (Å²) in [7, 11) is 0. The highest BCUT2D eigenvalue weighted by Gasteiger charge is 2.12. The second-order valence-corrected chi connectivity index (χ2v) is 3.67. The van der Waals surface area contributed by atoms with Crippen LogP contribution in [0.2, 0.25) is 0 Å². The minimum Gasteiger partial charge on any atom is -0.307 e. The summed E-state index contributed by atoms with van der Waals surface area (Å²) in [4.78, 5) is 0. The highest BCUT2D eigenvalue weighted by molar-refractivity contribution is 5.20. The largest absolute Gasteiger partial charge is 0.307 e. The maximum Gasteiger partial charge on any atom is 0.127 e. The van der Waals surface area contributed by atoms with Crippen molar-refractivity contribution >= 4 is 0 Å². The van der Waals surface area contributed by atoms with Crippen LogP contribution in [-0.4, -0.2) is 6.04 Å². The summed E-state index contributed by atoms with van der Waals surface area (Å²) in [5.41, 5.74) is 0.641.